The Hall–Kier alpha value is -1.16. The Bertz CT molecular complexity index is 401. The van der Waals surface area contributed by atoms with Gasteiger partial charge in [0.25, 0.3) is 5.91 Å². The number of carbonyl (C=O) groups is 2. The molecule has 1 aliphatic rings. The summed E-state index contributed by atoms with van der Waals surface area (Å²) in [5, 5.41) is 4.93. The third-order valence-electron chi connectivity index (χ3n) is 2.95. The summed E-state index contributed by atoms with van der Waals surface area (Å²) in [5.41, 5.74) is 1.02. The molecule has 16 heavy (non-hydrogen) atoms. The molecule has 0 saturated heterocycles. The first-order chi connectivity index (χ1) is 7.66. The number of Topliss-reactive ketones (excluding diaryl/α,β-unsaturated/α-hetero) is 1. The average Bonchev–Trinajstić information content (AvgIpc) is 2.68. The lowest BCUT2D eigenvalue weighted by atomic mass is 9.94. The van der Waals surface area contributed by atoms with Crippen molar-refractivity contribution in [2.75, 3.05) is 0 Å². The van der Waals surface area contributed by atoms with Crippen LogP contribution >= 0.6 is 11.3 Å². The average molecular weight is 237 g/mol. The minimum absolute atomic E-state index is 0.00634. The fourth-order valence-electron chi connectivity index (χ4n) is 1.94. The molecule has 1 N–H and O–H groups in total. The topological polar surface area (TPSA) is 46.2 Å². The molecule has 0 aromatic carbocycles. The zero-order valence-electron chi connectivity index (χ0n) is 9.29. The van der Waals surface area contributed by atoms with Crippen molar-refractivity contribution in [3.63, 3.8) is 0 Å². The van der Waals surface area contributed by atoms with E-state index in [1.54, 1.807) is 0 Å². The van der Waals surface area contributed by atoms with Crippen LogP contribution in [0.5, 0.6) is 0 Å². The Labute approximate surface area is 98.9 Å². The van der Waals surface area contributed by atoms with Gasteiger partial charge in [-0.2, -0.15) is 0 Å². The van der Waals surface area contributed by atoms with Gasteiger partial charge in [0.15, 0.2) is 0 Å². The number of carbonyl (C=O) groups excluding carboxylic acids is 2. The highest BCUT2D eigenvalue weighted by atomic mass is 32.1. The van der Waals surface area contributed by atoms with Crippen LogP contribution < -0.4 is 5.32 Å². The molecule has 86 valence electrons. The fraction of sp³-hybridized carbons (Fsp3) is 0.500. The Morgan fingerprint density at radius 3 is 2.69 bits per heavy atom. The van der Waals surface area contributed by atoms with E-state index in [9.17, 15) is 9.59 Å². The van der Waals surface area contributed by atoms with Crippen molar-refractivity contribution in [1.29, 1.82) is 0 Å². The number of amides is 1. The zero-order valence-corrected chi connectivity index (χ0v) is 10.1. The van der Waals surface area contributed by atoms with Crippen LogP contribution in [0.1, 0.15) is 40.9 Å². The monoisotopic (exact) mass is 237 g/mol. The second-order valence-electron chi connectivity index (χ2n) is 4.22. The van der Waals surface area contributed by atoms with Crippen molar-refractivity contribution in [2.24, 2.45) is 0 Å². The maximum atomic E-state index is 11.9. The van der Waals surface area contributed by atoms with Crippen LogP contribution in [0.15, 0.2) is 11.4 Å². The van der Waals surface area contributed by atoms with Crippen LogP contribution in [0.4, 0.5) is 0 Å². The minimum Gasteiger partial charge on any atom is -0.349 e. The standard InChI is InChI=1S/C12H15NO2S/c1-8-6-7-16-11(8)12(15)13-9-2-4-10(14)5-3-9/h6-7,9H,2-5H2,1H3,(H,13,15). The van der Waals surface area contributed by atoms with E-state index in [0.29, 0.717) is 18.6 Å². The Balaban J connectivity index is 1.93. The molecule has 2 rings (SSSR count). The van der Waals surface area contributed by atoms with E-state index in [0.717, 1.165) is 23.3 Å². The molecule has 1 saturated carbocycles. The van der Waals surface area contributed by atoms with Crippen LogP contribution in [0.2, 0.25) is 0 Å². The lowest BCUT2D eigenvalue weighted by Crippen LogP contribution is -2.37. The number of hydrogen-bond acceptors (Lipinski definition) is 3. The van der Waals surface area contributed by atoms with Gasteiger partial charge in [-0.1, -0.05) is 0 Å². The van der Waals surface area contributed by atoms with Crippen LogP contribution in [0, 0.1) is 6.92 Å². The number of hydrogen-bond donors (Lipinski definition) is 1. The summed E-state index contributed by atoms with van der Waals surface area (Å²) in [6.07, 6.45) is 2.78. The van der Waals surface area contributed by atoms with Crippen molar-refractivity contribution in [3.05, 3.63) is 21.9 Å². The van der Waals surface area contributed by atoms with Crippen molar-refractivity contribution < 1.29 is 9.59 Å². The molecule has 1 aromatic rings. The molecule has 0 unspecified atom stereocenters. The molecule has 0 radical (unpaired) electrons. The minimum atomic E-state index is 0.00634. The largest absolute Gasteiger partial charge is 0.349 e. The van der Waals surface area contributed by atoms with Gasteiger partial charge in [-0.25, -0.2) is 0 Å². The number of thiophene rings is 1. The molecule has 0 bridgehead atoms. The quantitative estimate of drug-likeness (QED) is 0.858. The molecule has 1 heterocycles. The number of ketones is 1. The number of nitrogens with one attached hydrogen (secondary N) is 1. The van der Waals surface area contributed by atoms with E-state index in [1.165, 1.54) is 11.3 Å². The summed E-state index contributed by atoms with van der Waals surface area (Å²) in [6, 6.07) is 2.12. The SMILES string of the molecule is Cc1ccsc1C(=O)NC1CCC(=O)CC1. The highest BCUT2D eigenvalue weighted by molar-refractivity contribution is 7.12. The molecule has 0 atom stereocenters. The molecule has 4 heteroatoms. The second kappa shape index (κ2) is 4.78. The zero-order chi connectivity index (χ0) is 11.5. The molecule has 1 fully saturated rings. The van der Waals surface area contributed by atoms with Crippen molar-refractivity contribution in [1.82, 2.24) is 5.32 Å². The molecule has 0 aliphatic heterocycles. The van der Waals surface area contributed by atoms with E-state index in [1.807, 2.05) is 18.4 Å². The third-order valence-corrected chi connectivity index (χ3v) is 3.96. The van der Waals surface area contributed by atoms with Crippen LogP contribution in [0.25, 0.3) is 0 Å². The fourth-order valence-corrected chi connectivity index (χ4v) is 2.77. The van der Waals surface area contributed by atoms with E-state index >= 15 is 0 Å². The molecule has 1 aliphatic carbocycles. The molecule has 0 spiro atoms. The Kier molecular flexibility index (Phi) is 3.39. The first-order valence-electron chi connectivity index (χ1n) is 5.53. The van der Waals surface area contributed by atoms with E-state index < -0.39 is 0 Å². The van der Waals surface area contributed by atoms with Crippen LogP contribution in [-0.2, 0) is 4.79 Å². The third kappa shape index (κ3) is 2.50. The number of rotatable bonds is 2. The predicted molar refractivity (Wildman–Crippen MR) is 63.8 cm³/mol. The highest BCUT2D eigenvalue weighted by Gasteiger charge is 2.21. The molecule has 1 aromatic heterocycles. The summed E-state index contributed by atoms with van der Waals surface area (Å²) in [4.78, 5) is 23.7. The summed E-state index contributed by atoms with van der Waals surface area (Å²) in [7, 11) is 0. The summed E-state index contributed by atoms with van der Waals surface area (Å²) < 4.78 is 0. The van der Waals surface area contributed by atoms with Crippen molar-refractivity contribution in [2.45, 2.75) is 38.6 Å². The van der Waals surface area contributed by atoms with Gasteiger partial charge in [-0.05, 0) is 36.8 Å². The molecule has 1 amide bonds. The van der Waals surface area contributed by atoms with Crippen molar-refractivity contribution >= 4 is 23.0 Å². The predicted octanol–water partition coefficient (Wildman–Crippen LogP) is 2.30. The van der Waals surface area contributed by atoms with E-state index in [2.05, 4.69) is 5.32 Å². The molecular formula is C12H15NO2S. The molecule has 3 nitrogen and oxygen atoms in total. The van der Waals surface area contributed by atoms with Gasteiger partial charge < -0.3 is 5.32 Å². The Morgan fingerprint density at radius 1 is 1.44 bits per heavy atom. The van der Waals surface area contributed by atoms with Gasteiger partial charge in [0.1, 0.15) is 5.78 Å². The second-order valence-corrected chi connectivity index (χ2v) is 5.14. The van der Waals surface area contributed by atoms with Gasteiger partial charge in [0, 0.05) is 18.9 Å². The molecular weight excluding hydrogens is 222 g/mol. The summed E-state index contributed by atoms with van der Waals surface area (Å²) >= 11 is 1.47. The smallest absolute Gasteiger partial charge is 0.261 e. The first kappa shape index (κ1) is 11.3. The summed E-state index contributed by atoms with van der Waals surface area (Å²) in [6.45, 7) is 1.94. The van der Waals surface area contributed by atoms with E-state index in [-0.39, 0.29) is 11.9 Å². The lowest BCUT2D eigenvalue weighted by molar-refractivity contribution is -0.120. The van der Waals surface area contributed by atoms with Gasteiger partial charge in [0.05, 0.1) is 4.88 Å². The van der Waals surface area contributed by atoms with Crippen molar-refractivity contribution in [3.8, 4) is 0 Å². The number of aryl methyl sites for hydroxylation is 1. The van der Waals surface area contributed by atoms with Crippen LogP contribution in [0.3, 0.4) is 0 Å². The normalized spacial score (nSPS) is 17.4. The first-order valence-corrected chi connectivity index (χ1v) is 6.41. The van der Waals surface area contributed by atoms with Gasteiger partial charge in [0.2, 0.25) is 0 Å². The lowest BCUT2D eigenvalue weighted by Gasteiger charge is -2.21. The summed E-state index contributed by atoms with van der Waals surface area (Å²) in [5.74, 6) is 0.324. The van der Waals surface area contributed by atoms with Gasteiger partial charge in [-0.3, -0.25) is 9.59 Å². The van der Waals surface area contributed by atoms with Gasteiger partial charge >= 0.3 is 0 Å². The maximum Gasteiger partial charge on any atom is 0.261 e. The van der Waals surface area contributed by atoms with Gasteiger partial charge in [-0.15, -0.1) is 11.3 Å². The highest BCUT2D eigenvalue weighted by Crippen LogP contribution is 2.18. The van der Waals surface area contributed by atoms with E-state index in [4.69, 9.17) is 0 Å². The van der Waals surface area contributed by atoms with Crippen LogP contribution in [-0.4, -0.2) is 17.7 Å². The maximum absolute atomic E-state index is 11.9. The Morgan fingerprint density at radius 2 is 2.12 bits per heavy atom.